The van der Waals surface area contributed by atoms with Crippen LogP contribution in [0.25, 0.3) is 0 Å². The summed E-state index contributed by atoms with van der Waals surface area (Å²) in [6.45, 7) is 1.10. The fourth-order valence-electron chi connectivity index (χ4n) is 3.48. The van der Waals surface area contributed by atoms with Gasteiger partial charge in [0, 0.05) is 18.3 Å². The maximum atomic E-state index is 12.7. The number of aromatic nitrogens is 3. The number of carbonyl (C=O) groups is 1. The Balaban J connectivity index is 1.44. The maximum absolute atomic E-state index is 12.7. The van der Waals surface area contributed by atoms with E-state index in [1.165, 1.54) is 0 Å². The average Bonchev–Trinajstić information content (AvgIpc) is 3.09. The van der Waals surface area contributed by atoms with Crippen molar-refractivity contribution in [3.63, 3.8) is 0 Å². The topological polar surface area (TPSA) is 95.0 Å². The molecular weight excluding hydrogens is 318 g/mol. The first kappa shape index (κ1) is 15.8. The molecule has 4 rings (SSSR count). The molecule has 2 fully saturated rings. The van der Waals surface area contributed by atoms with Crippen molar-refractivity contribution in [2.75, 3.05) is 13.1 Å². The molecule has 1 aliphatic heterocycles. The van der Waals surface area contributed by atoms with Crippen molar-refractivity contribution in [1.82, 2.24) is 19.9 Å². The molecule has 2 aromatic rings. The standard InChI is InChI=1S/C18H19N5O2/c19-11-17(5-6-17)15-3-1-14(2-4-15)16(24)22-9-7-18(25,12-22)13-23-10-8-20-21-23/h1-4,8,10,25H,5-7,9,12-13H2. The number of carbonyl (C=O) groups excluding carboxylic acids is 1. The molecule has 0 bridgehead atoms. The number of amides is 1. The van der Waals surface area contributed by atoms with Crippen molar-refractivity contribution in [3.05, 3.63) is 47.8 Å². The molecule has 0 spiro atoms. The van der Waals surface area contributed by atoms with Crippen LogP contribution in [0.2, 0.25) is 0 Å². The first-order valence-electron chi connectivity index (χ1n) is 8.41. The third kappa shape index (κ3) is 2.89. The van der Waals surface area contributed by atoms with E-state index in [1.54, 1.807) is 34.1 Å². The fourth-order valence-corrected chi connectivity index (χ4v) is 3.48. The lowest BCUT2D eigenvalue weighted by molar-refractivity contribution is 0.0267. The van der Waals surface area contributed by atoms with Gasteiger partial charge >= 0.3 is 0 Å². The number of nitriles is 1. The van der Waals surface area contributed by atoms with E-state index in [4.69, 9.17) is 0 Å². The molecule has 1 N–H and O–H groups in total. The van der Waals surface area contributed by atoms with Gasteiger partial charge in [0.1, 0.15) is 5.60 Å². The molecule has 128 valence electrons. The zero-order valence-corrected chi connectivity index (χ0v) is 13.8. The van der Waals surface area contributed by atoms with E-state index in [1.807, 2.05) is 12.1 Å². The van der Waals surface area contributed by atoms with Crippen LogP contribution in [0, 0.1) is 11.3 Å². The van der Waals surface area contributed by atoms with Crippen molar-refractivity contribution in [1.29, 1.82) is 5.26 Å². The lowest BCUT2D eigenvalue weighted by atomic mass is 9.96. The molecular formula is C18H19N5O2. The molecule has 1 unspecified atom stereocenters. The number of hydrogen-bond donors (Lipinski definition) is 1. The number of benzene rings is 1. The Bertz CT molecular complexity index is 820. The predicted molar refractivity (Wildman–Crippen MR) is 88.5 cm³/mol. The first-order chi connectivity index (χ1) is 12.0. The average molecular weight is 337 g/mol. The molecule has 1 atom stereocenters. The lowest BCUT2D eigenvalue weighted by Crippen LogP contribution is -2.39. The van der Waals surface area contributed by atoms with Crippen molar-refractivity contribution < 1.29 is 9.90 Å². The Morgan fingerprint density at radius 1 is 1.28 bits per heavy atom. The number of β-amino-alcohol motifs (C(OH)–C–C–N with tert-alkyl or cyclic N) is 1. The fraction of sp³-hybridized carbons (Fsp3) is 0.444. The van der Waals surface area contributed by atoms with E-state index >= 15 is 0 Å². The third-order valence-electron chi connectivity index (χ3n) is 5.20. The Morgan fingerprint density at radius 3 is 2.64 bits per heavy atom. The predicted octanol–water partition coefficient (Wildman–Crippen LogP) is 1.11. The van der Waals surface area contributed by atoms with Crippen molar-refractivity contribution in [2.45, 2.75) is 36.8 Å². The van der Waals surface area contributed by atoms with Crippen molar-refractivity contribution in [2.24, 2.45) is 0 Å². The van der Waals surface area contributed by atoms with Crippen LogP contribution in [0.15, 0.2) is 36.7 Å². The second-order valence-corrected chi connectivity index (χ2v) is 7.07. The highest BCUT2D eigenvalue weighted by atomic mass is 16.3. The van der Waals surface area contributed by atoms with Crippen LogP contribution in [0.1, 0.15) is 35.2 Å². The van der Waals surface area contributed by atoms with Crippen molar-refractivity contribution >= 4 is 5.91 Å². The number of likely N-dealkylation sites (tertiary alicyclic amines) is 1. The SMILES string of the molecule is N#CC1(c2ccc(C(=O)N3CCC(O)(Cn4ccnn4)C3)cc2)CC1. The largest absolute Gasteiger partial charge is 0.386 e. The van der Waals surface area contributed by atoms with Crippen LogP contribution in [-0.2, 0) is 12.0 Å². The highest BCUT2D eigenvalue weighted by Crippen LogP contribution is 2.47. The van der Waals surface area contributed by atoms with Gasteiger partial charge in [-0.05, 0) is 37.0 Å². The van der Waals surface area contributed by atoms with Crippen LogP contribution >= 0.6 is 0 Å². The summed E-state index contributed by atoms with van der Waals surface area (Å²) in [4.78, 5) is 14.4. The molecule has 1 saturated carbocycles. The molecule has 7 heteroatoms. The number of hydrogen-bond acceptors (Lipinski definition) is 5. The van der Waals surface area contributed by atoms with Gasteiger partial charge in [0.05, 0.1) is 30.8 Å². The van der Waals surface area contributed by atoms with Crippen LogP contribution in [-0.4, -0.2) is 49.6 Å². The quantitative estimate of drug-likeness (QED) is 0.902. The summed E-state index contributed by atoms with van der Waals surface area (Å²) >= 11 is 0. The summed E-state index contributed by atoms with van der Waals surface area (Å²) in [5.74, 6) is -0.0946. The Labute approximate surface area is 145 Å². The van der Waals surface area contributed by atoms with E-state index in [2.05, 4.69) is 16.4 Å². The zero-order valence-electron chi connectivity index (χ0n) is 13.8. The molecule has 1 aromatic carbocycles. The molecule has 2 heterocycles. The van der Waals surface area contributed by atoms with E-state index < -0.39 is 5.60 Å². The van der Waals surface area contributed by atoms with Gasteiger partial charge in [-0.2, -0.15) is 5.26 Å². The van der Waals surface area contributed by atoms with E-state index in [9.17, 15) is 15.2 Å². The Kier molecular flexibility index (Phi) is 3.58. The molecule has 25 heavy (non-hydrogen) atoms. The number of aliphatic hydroxyl groups is 1. The highest BCUT2D eigenvalue weighted by Gasteiger charge is 2.45. The monoisotopic (exact) mass is 337 g/mol. The summed E-state index contributed by atoms with van der Waals surface area (Å²) in [7, 11) is 0. The lowest BCUT2D eigenvalue weighted by Gasteiger charge is -2.23. The second kappa shape index (κ2) is 5.67. The number of nitrogens with zero attached hydrogens (tertiary/aromatic N) is 5. The molecule has 2 aliphatic rings. The molecule has 1 aromatic heterocycles. The van der Waals surface area contributed by atoms with Gasteiger partial charge in [-0.3, -0.25) is 4.79 Å². The van der Waals surface area contributed by atoms with E-state index in [-0.39, 0.29) is 17.9 Å². The van der Waals surface area contributed by atoms with Crippen LogP contribution in [0.4, 0.5) is 0 Å². The maximum Gasteiger partial charge on any atom is 0.253 e. The van der Waals surface area contributed by atoms with Gasteiger partial charge < -0.3 is 10.0 Å². The minimum atomic E-state index is -0.984. The molecule has 0 radical (unpaired) electrons. The molecule has 1 saturated heterocycles. The summed E-state index contributed by atoms with van der Waals surface area (Å²) in [5.41, 5.74) is 0.244. The molecule has 1 amide bonds. The second-order valence-electron chi connectivity index (χ2n) is 7.07. The van der Waals surface area contributed by atoms with Crippen LogP contribution < -0.4 is 0 Å². The van der Waals surface area contributed by atoms with Crippen LogP contribution in [0.3, 0.4) is 0 Å². The minimum Gasteiger partial charge on any atom is -0.386 e. The van der Waals surface area contributed by atoms with Gasteiger partial charge in [-0.25, -0.2) is 4.68 Å². The van der Waals surface area contributed by atoms with Gasteiger partial charge in [0.25, 0.3) is 5.91 Å². The van der Waals surface area contributed by atoms with Gasteiger partial charge in [-0.15, -0.1) is 5.10 Å². The van der Waals surface area contributed by atoms with Crippen LogP contribution in [0.5, 0.6) is 0 Å². The van der Waals surface area contributed by atoms with Gasteiger partial charge in [-0.1, -0.05) is 17.3 Å². The van der Waals surface area contributed by atoms with E-state index in [0.29, 0.717) is 25.1 Å². The van der Waals surface area contributed by atoms with Gasteiger partial charge in [0.15, 0.2) is 0 Å². The zero-order chi connectivity index (χ0) is 17.5. The third-order valence-corrected chi connectivity index (χ3v) is 5.20. The highest BCUT2D eigenvalue weighted by molar-refractivity contribution is 5.94. The molecule has 1 aliphatic carbocycles. The summed E-state index contributed by atoms with van der Waals surface area (Å²) in [5, 5.41) is 27.6. The Hall–Kier alpha value is -2.72. The summed E-state index contributed by atoms with van der Waals surface area (Å²) in [6.07, 6.45) is 5.55. The van der Waals surface area contributed by atoms with Gasteiger partial charge in [0.2, 0.25) is 0 Å². The number of rotatable bonds is 4. The smallest absolute Gasteiger partial charge is 0.253 e. The summed E-state index contributed by atoms with van der Waals surface area (Å²) < 4.78 is 1.58. The Morgan fingerprint density at radius 2 is 2.04 bits per heavy atom. The normalized spacial score (nSPS) is 24.1. The minimum absolute atomic E-state index is 0.0946. The van der Waals surface area contributed by atoms with E-state index in [0.717, 1.165) is 18.4 Å². The van der Waals surface area contributed by atoms with Crippen molar-refractivity contribution in [3.8, 4) is 6.07 Å². The molecule has 7 nitrogen and oxygen atoms in total. The first-order valence-corrected chi connectivity index (χ1v) is 8.41. The summed E-state index contributed by atoms with van der Waals surface area (Å²) in [6, 6.07) is 9.68.